The number of hydrogen-bond donors (Lipinski definition) is 0. The molecule has 0 radical (unpaired) electrons. The number of rotatable bonds is 3. The van der Waals surface area contributed by atoms with Crippen LogP contribution in [-0.2, 0) is 9.53 Å². The number of hydrogen-bond acceptors (Lipinski definition) is 4. The highest BCUT2D eigenvalue weighted by atomic mass is 16.6. The smallest absolute Gasteiger partial charge is 0.343 e. The van der Waals surface area contributed by atoms with Crippen molar-refractivity contribution in [1.82, 2.24) is 4.98 Å². The third kappa shape index (κ3) is 2.24. The second-order valence-corrected chi connectivity index (χ2v) is 4.00. The lowest BCUT2D eigenvalue weighted by molar-refractivity contribution is -0.135. The first kappa shape index (κ1) is 10.9. The van der Waals surface area contributed by atoms with Crippen LogP contribution in [0.4, 0.5) is 0 Å². The van der Waals surface area contributed by atoms with Crippen molar-refractivity contribution in [2.45, 2.75) is 12.2 Å². The second-order valence-electron chi connectivity index (χ2n) is 4.00. The number of epoxide rings is 1. The van der Waals surface area contributed by atoms with Crippen LogP contribution in [0.5, 0.6) is 5.75 Å². The van der Waals surface area contributed by atoms with Crippen molar-refractivity contribution in [2.24, 2.45) is 0 Å². The van der Waals surface area contributed by atoms with Crippen molar-refractivity contribution >= 4 is 5.97 Å². The van der Waals surface area contributed by atoms with Gasteiger partial charge >= 0.3 is 5.97 Å². The zero-order valence-electron chi connectivity index (χ0n) is 9.52. The summed E-state index contributed by atoms with van der Waals surface area (Å²) in [4.78, 5) is 15.8. The first-order valence-electron chi connectivity index (χ1n) is 5.67. The van der Waals surface area contributed by atoms with E-state index >= 15 is 0 Å². The molecule has 18 heavy (non-hydrogen) atoms. The Morgan fingerprint density at radius 2 is 2.00 bits per heavy atom. The molecule has 0 aliphatic carbocycles. The molecule has 2 unspecified atom stereocenters. The molecular formula is C14H11NO3. The van der Waals surface area contributed by atoms with E-state index in [1.807, 2.05) is 30.3 Å². The molecule has 0 N–H and O–H groups in total. The maximum atomic E-state index is 11.8. The molecule has 1 aliphatic rings. The molecule has 0 spiro atoms. The Hall–Kier alpha value is -2.20. The highest BCUT2D eigenvalue weighted by Crippen LogP contribution is 2.39. The van der Waals surface area contributed by atoms with E-state index in [2.05, 4.69) is 4.98 Å². The van der Waals surface area contributed by atoms with E-state index in [0.717, 1.165) is 5.56 Å². The van der Waals surface area contributed by atoms with Crippen molar-refractivity contribution < 1.29 is 14.3 Å². The largest absolute Gasteiger partial charge is 0.425 e. The number of benzene rings is 1. The van der Waals surface area contributed by atoms with E-state index in [1.165, 1.54) is 0 Å². The van der Waals surface area contributed by atoms with Crippen LogP contribution >= 0.6 is 0 Å². The molecule has 1 aromatic heterocycles. The van der Waals surface area contributed by atoms with Crippen LogP contribution in [0.3, 0.4) is 0 Å². The monoisotopic (exact) mass is 241 g/mol. The van der Waals surface area contributed by atoms with Gasteiger partial charge < -0.3 is 9.47 Å². The summed E-state index contributed by atoms with van der Waals surface area (Å²) in [5.74, 6) is 0.165. The molecule has 1 fully saturated rings. The number of nitrogens with zero attached hydrogens (tertiary/aromatic N) is 1. The molecule has 1 aliphatic heterocycles. The van der Waals surface area contributed by atoms with Crippen LogP contribution in [0.25, 0.3) is 0 Å². The Balaban J connectivity index is 1.63. The third-order valence-electron chi connectivity index (χ3n) is 2.70. The van der Waals surface area contributed by atoms with Gasteiger partial charge in [0.15, 0.2) is 6.10 Å². The summed E-state index contributed by atoms with van der Waals surface area (Å²) in [6.07, 6.45) is 2.63. The number of para-hydroxylation sites is 1. The summed E-state index contributed by atoms with van der Waals surface area (Å²) < 4.78 is 10.5. The van der Waals surface area contributed by atoms with Gasteiger partial charge in [-0.05, 0) is 18.2 Å². The minimum absolute atomic E-state index is 0.227. The van der Waals surface area contributed by atoms with Crippen molar-refractivity contribution in [3.05, 3.63) is 60.4 Å². The Morgan fingerprint density at radius 3 is 2.72 bits per heavy atom. The summed E-state index contributed by atoms with van der Waals surface area (Å²) in [5, 5.41) is 0. The van der Waals surface area contributed by atoms with Gasteiger partial charge in [-0.1, -0.05) is 24.3 Å². The van der Waals surface area contributed by atoms with Gasteiger partial charge in [-0.25, -0.2) is 4.79 Å². The maximum absolute atomic E-state index is 11.8. The Bertz CT molecular complexity index is 541. The zero-order chi connectivity index (χ0) is 12.4. The Kier molecular flexibility index (Phi) is 2.78. The van der Waals surface area contributed by atoms with Gasteiger partial charge in [0, 0.05) is 18.0 Å². The molecule has 2 aromatic rings. The first-order chi connectivity index (χ1) is 8.84. The number of aromatic nitrogens is 1. The molecule has 2 heterocycles. The summed E-state index contributed by atoms with van der Waals surface area (Å²) in [6.45, 7) is 0. The fourth-order valence-corrected chi connectivity index (χ4v) is 1.75. The van der Waals surface area contributed by atoms with Crippen LogP contribution in [0.1, 0.15) is 11.7 Å². The van der Waals surface area contributed by atoms with Gasteiger partial charge in [0.2, 0.25) is 0 Å². The second kappa shape index (κ2) is 4.58. The number of carbonyl (C=O) groups is 1. The van der Waals surface area contributed by atoms with Gasteiger partial charge in [0.25, 0.3) is 0 Å². The number of ether oxygens (including phenoxy) is 2. The van der Waals surface area contributed by atoms with Crippen molar-refractivity contribution in [3.63, 3.8) is 0 Å². The van der Waals surface area contributed by atoms with E-state index in [4.69, 9.17) is 9.47 Å². The summed E-state index contributed by atoms with van der Waals surface area (Å²) >= 11 is 0. The van der Waals surface area contributed by atoms with Crippen molar-refractivity contribution in [2.75, 3.05) is 0 Å². The molecule has 0 amide bonds. The molecule has 2 atom stereocenters. The number of pyridine rings is 1. The number of esters is 1. The topological polar surface area (TPSA) is 51.7 Å². The molecule has 0 saturated carbocycles. The highest BCUT2D eigenvalue weighted by Gasteiger charge is 2.47. The summed E-state index contributed by atoms with van der Waals surface area (Å²) in [6, 6.07) is 12.7. The lowest BCUT2D eigenvalue weighted by Crippen LogP contribution is -2.15. The van der Waals surface area contributed by atoms with Gasteiger partial charge in [0.05, 0.1) is 0 Å². The summed E-state index contributed by atoms with van der Waals surface area (Å²) in [7, 11) is 0. The standard InChI is InChI=1S/C14H11NO3/c16-14(17-11-6-2-1-3-7-11)13-12(18-13)10-5-4-8-15-9-10/h1-9,12-13H. The molecular weight excluding hydrogens is 230 g/mol. The van der Waals surface area contributed by atoms with E-state index < -0.39 is 6.10 Å². The van der Waals surface area contributed by atoms with E-state index in [1.54, 1.807) is 24.5 Å². The van der Waals surface area contributed by atoms with Gasteiger partial charge in [-0.2, -0.15) is 0 Å². The average Bonchev–Trinajstić information content (AvgIpc) is 3.21. The predicted molar refractivity (Wildman–Crippen MR) is 63.9 cm³/mol. The highest BCUT2D eigenvalue weighted by molar-refractivity contribution is 5.80. The predicted octanol–water partition coefficient (Wildman–Crippen LogP) is 2.13. The Labute approximate surface area is 104 Å². The average molecular weight is 241 g/mol. The third-order valence-corrected chi connectivity index (χ3v) is 2.70. The minimum Gasteiger partial charge on any atom is -0.425 e. The molecule has 4 heteroatoms. The van der Waals surface area contributed by atoms with Crippen LogP contribution in [0.15, 0.2) is 54.9 Å². The zero-order valence-corrected chi connectivity index (χ0v) is 9.52. The SMILES string of the molecule is O=C(Oc1ccccc1)C1OC1c1cccnc1. The lowest BCUT2D eigenvalue weighted by atomic mass is 10.1. The van der Waals surface area contributed by atoms with Crippen LogP contribution in [0.2, 0.25) is 0 Å². The van der Waals surface area contributed by atoms with E-state index in [9.17, 15) is 4.79 Å². The van der Waals surface area contributed by atoms with E-state index in [0.29, 0.717) is 5.75 Å². The van der Waals surface area contributed by atoms with Gasteiger partial charge in [-0.3, -0.25) is 4.98 Å². The molecule has 1 saturated heterocycles. The van der Waals surface area contributed by atoms with Crippen molar-refractivity contribution in [3.8, 4) is 5.75 Å². The van der Waals surface area contributed by atoms with Crippen molar-refractivity contribution in [1.29, 1.82) is 0 Å². The van der Waals surface area contributed by atoms with Gasteiger partial charge in [0.1, 0.15) is 11.9 Å². The summed E-state index contributed by atoms with van der Waals surface area (Å²) in [5.41, 5.74) is 0.896. The van der Waals surface area contributed by atoms with Crippen LogP contribution in [0, 0.1) is 0 Å². The van der Waals surface area contributed by atoms with Crippen LogP contribution in [-0.4, -0.2) is 17.1 Å². The molecule has 3 rings (SSSR count). The fourth-order valence-electron chi connectivity index (χ4n) is 1.75. The normalized spacial score (nSPS) is 21.3. The fraction of sp³-hybridized carbons (Fsp3) is 0.143. The molecule has 90 valence electrons. The number of carbonyl (C=O) groups excluding carboxylic acids is 1. The quantitative estimate of drug-likeness (QED) is 0.469. The molecule has 1 aromatic carbocycles. The van der Waals surface area contributed by atoms with Gasteiger partial charge in [-0.15, -0.1) is 0 Å². The lowest BCUT2D eigenvalue weighted by Gasteiger charge is -2.00. The first-order valence-corrected chi connectivity index (χ1v) is 5.67. The minimum atomic E-state index is -0.519. The molecule has 4 nitrogen and oxygen atoms in total. The van der Waals surface area contributed by atoms with Crippen LogP contribution < -0.4 is 4.74 Å². The maximum Gasteiger partial charge on any atom is 0.343 e. The van der Waals surface area contributed by atoms with E-state index in [-0.39, 0.29) is 12.1 Å². The molecule has 0 bridgehead atoms. The Morgan fingerprint density at radius 1 is 1.17 bits per heavy atom.